The third kappa shape index (κ3) is 5.01. The molecule has 1 amide bonds. The molecule has 0 aromatic heterocycles. The fraction of sp³-hybridized carbons (Fsp3) is 0.364. The zero-order valence-electron chi connectivity index (χ0n) is 8.91. The Balaban J connectivity index is 2.17. The molecule has 0 saturated heterocycles. The lowest BCUT2D eigenvalue weighted by molar-refractivity contribution is -0.121. The molecule has 0 unspecified atom stereocenters. The van der Waals surface area contributed by atoms with Crippen LogP contribution in [0.4, 0.5) is 0 Å². The highest BCUT2D eigenvalue weighted by atomic mass is 79.9. The standard InChI is InChI=1S/C11H15BrN2OS/c12-9-5-1-2-6-10(9)16-8-4-3-7-11(15)14-13/h1-2,5-6H,3-4,7-8,13H2,(H,14,15). The van der Waals surface area contributed by atoms with Crippen LogP contribution in [0.5, 0.6) is 0 Å². The molecule has 3 N–H and O–H groups in total. The first-order valence-corrected chi connectivity index (χ1v) is 6.88. The Morgan fingerprint density at radius 1 is 1.38 bits per heavy atom. The molecule has 0 aliphatic rings. The molecule has 5 heteroatoms. The average Bonchev–Trinajstić information content (AvgIpc) is 2.30. The number of hydrazine groups is 1. The van der Waals surface area contributed by atoms with Crippen molar-refractivity contribution in [2.75, 3.05) is 5.75 Å². The molecule has 1 aromatic rings. The molecule has 0 aliphatic carbocycles. The largest absolute Gasteiger partial charge is 0.294 e. The van der Waals surface area contributed by atoms with Gasteiger partial charge in [0.2, 0.25) is 5.91 Å². The number of rotatable bonds is 6. The molecule has 0 bridgehead atoms. The van der Waals surface area contributed by atoms with Gasteiger partial charge < -0.3 is 0 Å². The topological polar surface area (TPSA) is 55.1 Å². The lowest BCUT2D eigenvalue weighted by Gasteiger charge is -2.03. The number of benzene rings is 1. The van der Waals surface area contributed by atoms with E-state index in [2.05, 4.69) is 27.4 Å². The molecule has 0 atom stereocenters. The molecule has 0 radical (unpaired) electrons. The molecule has 3 nitrogen and oxygen atoms in total. The normalized spacial score (nSPS) is 10.1. The summed E-state index contributed by atoms with van der Waals surface area (Å²) in [6, 6.07) is 8.14. The highest BCUT2D eigenvalue weighted by molar-refractivity contribution is 9.10. The fourth-order valence-corrected chi connectivity index (χ4v) is 2.78. The van der Waals surface area contributed by atoms with Crippen molar-refractivity contribution in [3.63, 3.8) is 0 Å². The van der Waals surface area contributed by atoms with Crippen molar-refractivity contribution in [2.24, 2.45) is 5.84 Å². The zero-order valence-corrected chi connectivity index (χ0v) is 11.3. The number of amides is 1. The lowest BCUT2D eigenvalue weighted by Crippen LogP contribution is -2.29. The number of thioether (sulfide) groups is 1. The Morgan fingerprint density at radius 3 is 2.81 bits per heavy atom. The summed E-state index contributed by atoms with van der Waals surface area (Å²) in [5.74, 6) is 5.91. The molecule has 0 heterocycles. The summed E-state index contributed by atoms with van der Waals surface area (Å²) >= 11 is 5.29. The lowest BCUT2D eigenvalue weighted by atomic mass is 10.2. The highest BCUT2D eigenvalue weighted by Gasteiger charge is 2.00. The van der Waals surface area contributed by atoms with Crippen LogP contribution in [-0.2, 0) is 4.79 Å². The summed E-state index contributed by atoms with van der Waals surface area (Å²) < 4.78 is 1.12. The number of nitrogens with one attached hydrogen (secondary N) is 1. The summed E-state index contributed by atoms with van der Waals surface area (Å²) in [7, 11) is 0. The van der Waals surface area contributed by atoms with E-state index >= 15 is 0 Å². The van der Waals surface area contributed by atoms with Gasteiger partial charge in [-0.05, 0) is 46.7 Å². The van der Waals surface area contributed by atoms with E-state index in [9.17, 15) is 4.79 Å². The number of carbonyl (C=O) groups excluding carboxylic acids is 1. The van der Waals surface area contributed by atoms with Crippen LogP contribution in [-0.4, -0.2) is 11.7 Å². The Bertz CT molecular complexity index is 347. The number of carbonyl (C=O) groups is 1. The van der Waals surface area contributed by atoms with Crippen LogP contribution in [0.2, 0.25) is 0 Å². The fourth-order valence-electron chi connectivity index (χ4n) is 1.20. The molecule has 16 heavy (non-hydrogen) atoms. The van der Waals surface area contributed by atoms with E-state index in [1.165, 1.54) is 4.90 Å². The minimum absolute atomic E-state index is 0.0918. The van der Waals surface area contributed by atoms with Crippen LogP contribution in [0.25, 0.3) is 0 Å². The SMILES string of the molecule is NNC(=O)CCCCSc1ccccc1Br. The predicted molar refractivity (Wildman–Crippen MR) is 71.0 cm³/mol. The van der Waals surface area contributed by atoms with Gasteiger partial charge in [0.1, 0.15) is 0 Å². The molecule has 0 spiro atoms. The van der Waals surface area contributed by atoms with Crippen molar-refractivity contribution in [1.29, 1.82) is 0 Å². The van der Waals surface area contributed by atoms with Crippen LogP contribution < -0.4 is 11.3 Å². The number of unbranched alkanes of at least 4 members (excludes halogenated alkanes) is 1. The number of halogens is 1. The van der Waals surface area contributed by atoms with Crippen molar-refractivity contribution in [3.8, 4) is 0 Å². The second-order valence-corrected chi connectivity index (χ2v) is 5.29. The van der Waals surface area contributed by atoms with Gasteiger partial charge >= 0.3 is 0 Å². The van der Waals surface area contributed by atoms with Gasteiger partial charge in [0.05, 0.1) is 0 Å². The van der Waals surface area contributed by atoms with E-state index in [0.29, 0.717) is 6.42 Å². The van der Waals surface area contributed by atoms with Gasteiger partial charge in [-0.3, -0.25) is 10.2 Å². The van der Waals surface area contributed by atoms with Crippen molar-refractivity contribution in [3.05, 3.63) is 28.7 Å². The minimum atomic E-state index is -0.0918. The predicted octanol–water partition coefficient (Wildman–Crippen LogP) is 2.70. The number of hydrogen-bond acceptors (Lipinski definition) is 3. The maximum atomic E-state index is 10.8. The molecular formula is C11H15BrN2OS. The zero-order chi connectivity index (χ0) is 11.8. The maximum absolute atomic E-state index is 10.8. The average molecular weight is 303 g/mol. The molecule has 1 aromatic carbocycles. The molecular weight excluding hydrogens is 288 g/mol. The van der Waals surface area contributed by atoms with E-state index in [1.54, 1.807) is 11.8 Å². The molecule has 1 rings (SSSR count). The van der Waals surface area contributed by atoms with Gasteiger partial charge in [0, 0.05) is 15.8 Å². The van der Waals surface area contributed by atoms with E-state index in [4.69, 9.17) is 5.84 Å². The summed E-state index contributed by atoms with van der Waals surface area (Å²) in [4.78, 5) is 12.1. The van der Waals surface area contributed by atoms with E-state index in [0.717, 1.165) is 23.1 Å². The van der Waals surface area contributed by atoms with Gasteiger partial charge in [-0.1, -0.05) is 12.1 Å². The monoisotopic (exact) mass is 302 g/mol. The molecule has 0 fully saturated rings. The first kappa shape index (κ1) is 13.5. The van der Waals surface area contributed by atoms with E-state index in [1.807, 2.05) is 18.2 Å². The Morgan fingerprint density at radius 2 is 2.12 bits per heavy atom. The van der Waals surface area contributed by atoms with Crippen LogP contribution in [0.15, 0.2) is 33.6 Å². The van der Waals surface area contributed by atoms with Crippen molar-refractivity contribution < 1.29 is 4.79 Å². The van der Waals surface area contributed by atoms with Gasteiger partial charge in [-0.2, -0.15) is 0 Å². The smallest absolute Gasteiger partial charge is 0.233 e. The van der Waals surface area contributed by atoms with E-state index < -0.39 is 0 Å². The van der Waals surface area contributed by atoms with Crippen molar-refractivity contribution in [1.82, 2.24) is 5.43 Å². The first-order chi connectivity index (χ1) is 7.74. The summed E-state index contributed by atoms with van der Waals surface area (Å²) in [6.45, 7) is 0. The van der Waals surface area contributed by atoms with Crippen molar-refractivity contribution in [2.45, 2.75) is 24.2 Å². The van der Waals surface area contributed by atoms with Gasteiger partial charge in [-0.25, -0.2) is 5.84 Å². The van der Waals surface area contributed by atoms with Gasteiger partial charge in [0.25, 0.3) is 0 Å². The highest BCUT2D eigenvalue weighted by Crippen LogP contribution is 2.27. The van der Waals surface area contributed by atoms with Gasteiger partial charge in [0.15, 0.2) is 0 Å². The molecule has 0 aliphatic heterocycles. The number of hydrogen-bond donors (Lipinski definition) is 2. The van der Waals surface area contributed by atoms with Crippen LogP contribution >= 0.6 is 27.7 Å². The summed E-state index contributed by atoms with van der Waals surface area (Å²) in [5.41, 5.74) is 2.13. The molecule has 0 saturated carbocycles. The second-order valence-electron chi connectivity index (χ2n) is 3.30. The third-order valence-electron chi connectivity index (χ3n) is 2.05. The first-order valence-electron chi connectivity index (χ1n) is 5.11. The van der Waals surface area contributed by atoms with Gasteiger partial charge in [-0.15, -0.1) is 11.8 Å². The van der Waals surface area contributed by atoms with Crippen LogP contribution in [0, 0.1) is 0 Å². The Labute approximate surface area is 108 Å². The Hall–Kier alpha value is -0.520. The third-order valence-corrected chi connectivity index (χ3v) is 4.17. The van der Waals surface area contributed by atoms with Crippen LogP contribution in [0.3, 0.4) is 0 Å². The summed E-state index contributed by atoms with van der Waals surface area (Å²) in [5, 5.41) is 0. The minimum Gasteiger partial charge on any atom is -0.294 e. The maximum Gasteiger partial charge on any atom is 0.233 e. The second kappa shape index (κ2) is 7.70. The number of nitrogens with two attached hydrogens (primary N) is 1. The van der Waals surface area contributed by atoms with Crippen molar-refractivity contribution >= 4 is 33.6 Å². The quantitative estimate of drug-likeness (QED) is 0.279. The molecule has 88 valence electrons. The van der Waals surface area contributed by atoms with E-state index in [-0.39, 0.29) is 5.91 Å². The Kier molecular flexibility index (Phi) is 6.52. The summed E-state index contributed by atoms with van der Waals surface area (Å²) in [6.07, 6.45) is 2.40. The van der Waals surface area contributed by atoms with Crippen LogP contribution in [0.1, 0.15) is 19.3 Å².